The lowest BCUT2D eigenvalue weighted by Crippen LogP contribution is -2.60. The summed E-state index contributed by atoms with van der Waals surface area (Å²) in [5.74, 6) is 2.96. The maximum Gasteiger partial charge on any atom is 0.329 e. The molecule has 0 radical (unpaired) electrons. The van der Waals surface area contributed by atoms with E-state index in [0.717, 1.165) is 4.90 Å². The predicted molar refractivity (Wildman–Crippen MR) is 280 cm³/mol. The van der Waals surface area contributed by atoms with Crippen molar-refractivity contribution in [2.24, 2.45) is 11.8 Å². The highest BCUT2D eigenvalue weighted by atomic mass is 16.6. The third kappa shape index (κ3) is 9.13. The number of anilines is 2. The van der Waals surface area contributed by atoms with Crippen LogP contribution < -0.4 is 24.6 Å². The van der Waals surface area contributed by atoms with Crippen LogP contribution in [0.2, 0.25) is 0 Å². The Kier molecular flexibility index (Phi) is 14.5. The number of aliphatic hydroxyl groups excluding tert-OH is 1. The van der Waals surface area contributed by atoms with E-state index in [1.807, 2.05) is 82.6 Å². The average molecular weight is 1020 g/mol. The fourth-order valence-electron chi connectivity index (χ4n) is 11.3. The number of para-hydroxylation sites is 1. The number of aliphatic hydroxyl groups is 1. The standard InChI is InChI=1S/C59H57N7O10/c1-37(2)48(54(69)74-4)62-58(72)65-45-27-24-39(21-20-38-22-25-42(73-3)26-23-38)36-44(45)59(56(65)71)47(53(68)63-30-32-64(33-31-63)57-60-28-13-29-61-57)50-55(70)76-51(41-16-9-6-10-17-41)49(40-14-7-5-8-15-40)66(50)52(59)43-18-11-12-19-46(43)75-35-34-67/h5-19,22-29,36-37,47-52,67H,30-35H2,1-4H3,(H,62,72). The van der Waals surface area contributed by atoms with Gasteiger partial charge in [-0.15, -0.1) is 0 Å². The number of carbonyl (C=O) groups is 5. The number of methoxy groups -OCH3 is 2. The molecule has 0 aliphatic carbocycles. The third-order valence-electron chi connectivity index (χ3n) is 14.8. The normalized spacial score (nSPS) is 22.2. The van der Waals surface area contributed by atoms with Gasteiger partial charge in [-0.25, -0.2) is 24.5 Å². The van der Waals surface area contributed by atoms with Gasteiger partial charge in [-0.2, -0.15) is 0 Å². The van der Waals surface area contributed by atoms with Gasteiger partial charge in [0.15, 0.2) is 0 Å². The van der Waals surface area contributed by atoms with E-state index in [4.69, 9.17) is 18.9 Å². The van der Waals surface area contributed by atoms with E-state index >= 15 is 19.2 Å². The molecule has 17 heteroatoms. The molecule has 3 saturated heterocycles. The molecule has 6 aromatic rings. The molecular weight excluding hydrogens is 967 g/mol. The molecule has 5 aromatic carbocycles. The lowest BCUT2D eigenvalue weighted by molar-refractivity contribution is -0.179. The molecule has 388 valence electrons. The number of rotatable bonds is 12. The Morgan fingerprint density at radius 3 is 2.09 bits per heavy atom. The molecule has 1 spiro atoms. The number of fused-ring (bicyclic) bond motifs is 3. The molecule has 0 bridgehead atoms. The van der Waals surface area contributed by atoms with Crippen LogP contribution in [-0.4, -0.2) is 120 Å². The van der Waals surface area contributed by atoms with Gasteiger partial charge < -0.3 is 39.2 Å². The minimum Gasteiger partial charge on any atom is -0.497 e. The number of amides is 4. The Morgan fingerprint density at radius 1 is 0.789 bits per heavy atom. The van der Waals surface area contributed by atoms with Crippen molar-refractivity contribution in [2.75, 3.05) is 63.4 Å². The van der Waals surface area contributed by atoms with Crippen molar-refractivity contribution in [3.8, 4) is 23.3 Å². The summed E-state index contributed by atoms with van der Waals surface area (Å²) in [5, 5.41) is 13.0. The minimum absolute atomic E-state index is 0.108. The number of morpholine rings is 1. The quantitative estimate of drug-likeness (QED) is 0.104. The summed E-state index contributed by atoms with van der Waals surface area (Å²) in [7, 11) is 2.79. The van der Waals surface area contributed by atoms with Crippen LogP contribution in [0.4, 0.5) is 16.4 Å². The van der Waals surface area contributed by atoms with Gasteiger partial charge in [0, 0.05) is 55.3 Å². The number of esters is 2. The smallest absolute Gasteiger partial charge is 0.329 e. The van der Waals surface area contributed by atoms with Crippen molar-refractivity contribution in [3.63, 3.8) is 0 Å². The largest absolute Gasteiger partial charge is 0.497 e. The molecule has 17 nitrogen and oxygen atoms in total. The molecule has 10 rings (SSSR count). The van der Waals surface area contributed by atoms with Crippen molar-refractivity contribution >= 4 is 41.4 Å². The Bertz CT molecular complexity index is 3180. The summed E-state index contributed by atoms with van der Waals surface area (Å²) in [6.45, 7) is 3.96. The van der Waals surface area contributed by atoms with E-state index < -0.39 is 77.3 Å². The summed E-state index contributed by atoms with van der Waals surface area (Å²) in [6.07, 6.45) is 2.31. The first-order valence-corrected chi connectivity index (χ1v) is 25.2. The average Bonchev–Trinajstić information content (AvgIpc) is 3.98. The second-order valence-electron chi connectivity index (χ2n) is 19.3. The first kappa shape index (κ1) is 50.9. The van der Waals surface area contributed by atoms with Gasteiger partial charge in [0.2, 0.25) is 17.8 Å². The lowest BCUT2D eigenvalue weighted by atomic mass is 9.64. The second kappa shape index (κ2) is 21.7. The summed E-state index contributed by atoms with van der Waals surface area (Å²) in [4.78, 5) is 93.4. The van der Waals surface area contributed by atoms with E-state index in [1.54, 1.807) is 98.9 Å². The number of benzene rings is 5. The molecule has 7 atom stereocenters. The van der Waals surface area contributed by atoms with Crippen LogP contribution in [0.3, 0.4) is 0 Å². The van der Waals surface area contributed by atoms with E-state index in [0.29, 0.717) is 52.6 Å². The molecule has 4 aliphatic heterocycles. The van der Waals surface area contributed by atoms with Crippen LogP contribution in [-0.2, 0) is 34.1 Å². The number of cyclic esters (lactones) is 1. The number of hydrogen-bond acceptors (Lipinski definition) is 14. The molecule has 4 amide bonds. The van der Waals surface area contributed by atoms with Crippen molar-refractivity contribution < 1.29 is 48.0 Å². The highest BCUT2D eigenvalue weighted by molar-refractivity contribution is 6.25. The zero-order valence-corrected chi connectivity index (χ0v) is 42.4. The number of urea groups is 1. The number of nitrogens with one attached hydrogen (secondary N) is 1. The number of hydrogen-bond donors (Lipinski definition) is 2. The van der Waals surface area contributed by atoms with Crippen molar-refractivity contribution in [3.05, 3.63) is 179 Å². The zero-order valence-electron chi connectivity index (χ0n) is 42.4. The van der Waals surface area contributed by atoms with E-state index in [2.05, 4.69) is 27.1 Å². The highest BCUT2D eigenvalue weighted by Gasteiger charge is 2.76. The van der Waals surface area contributed by atoms with Crippen LogP contribution in [0, 0.1) is 23.7 Å². The van der Waals surface area contributed by atoms with Crippen molar-refractivity contribution in [1.29, 1.82) is 0 Å². The molecule has 2 N–H and O–H groups in total. The summed E-state index contributed by atoms with van der Waals surface area (Å²) in [5.41, 5.74) is 1.04. The van der Waals surface area contributed by atoms with Crippen LogP contribution in [0.5, 0.6) is 11.5 Å². The van der Waals surface area contributed by atoms with Crippen molar-refractivity contribution in [2.45, 2.75) is 49.5 Å². The molecule has 3 fully saturated rings. The predicted octanol–water partition coefficient (Wildman–Crippen LogP) is 6.18. The molecular formula is C59H57N7O10. The number of carbonyl (C=O) groups excluding carboxylic acids is 5. The fraction of sp³-hybridized carbons (Fsp3) is 0.305. The van der Waals surface area contributed by atoms with Crippen molar-refractivity contribution in [1.82, 2.24) is 25.1 Å². The Labute approximate surface area is 440 Å². The van der Waals surface area contributed by atoms with Gasteiger partial charge in [-0.3, -0.25) is 19.3 Å². The van der Waals surface area contributed by atoms with Crippen LogP contribution in [0.25, 0.3) is 0 Å². The maximum absolute atomic E-state index is 17.0. The van der Waals surface area contributed by atoms with E-state index in [1.165, 1.54) is 7.11 Å². The maximum atomic E-state index is 17.0. The summed E-state index contributed by atoms with van der Waals surface area (Å²) < 4.78 is 23.6. The molecule has 76 heavy (non-hydrogen) atoms. The lowest BCUT2D eigenvalue weighted by Gasteiger charge is -2.46. The number of imide groups is 1. The Hall–Kier alpha value is -8.59. The highest BCUT2D eigenvalue weighted by Crippen LogP contribution is 2.67. The first-order chi connectivity index (χ1) is 37.0. The fourth-order valence-corrected chi connectivity index (χ4v) is 11.3. The third-order valence-corrected chi connectivity index (χ3v) is 14.8. The van der Waals surface area contributed by atoms with Gasteiger partial charge in [0.25, 0.3) is 0 Å². The SMILES string of the molecule is COC(=O)C(NC(=O)N1C(=O)C2(c3cc(C#Cc4ccc(OC)cc4)ccc31)C(C(=O)N1CCN(c3ncccn3)CC1)C1C(=O)OC(c3ccccc3)C(c3ccccc3)N1C2c1ccccc1OCCO)C(C)C. The molecule has 1 aromatic heterocycles. The van der Waals surface area contributed by atoms with Crippen LogP contribution >= 0.6 is 0 Å². The van der Waals surface area contributed by atoms with E-state index in [-0.39, 0.29) is 43.3 Å². The van der Waals surface area contributed by atoms with E-state index in [9.17, 15) is 9.90 Å². The number of nitrogens with zero attached hydrogens (tertiary/aromatic N) is 6. The van der Waals surface area contributed by atoms with Gasteiger partial charge in [-0.05, 0) is 77.2 Å². The summed E-state index contributed by atoms with van der Waals surface area (Å²) in [6, 6.07) is 34.0. The Morgan fingerprint density at radius 2 is 1.43 bits per heavy atom. The second-order valence-corrected chi connectivity index (χ2v) is 19.3. The monoisotopic (exact) mass is 1020 g/mol. The Balaban J connectivity index is 1.26. The topological polar surface area (TPSA) is 193 Å². The molecule has 7 unspecified atom stereocenters. The van der Waals surface area contributed by atoms with Crippen LogP contribution in [0.1, 0.15) is 65.4 Å². The van der Waals surface area contributed by atoms with Gasteiger partial charge in [-0.1, -0.05) is 105 Å². The van der Waals surface area contributed by atoms with Gasteiger partial charge in [0.1, 0.15) is 41.7 Å². The van der Waals surface area contributed by atoms with Gasteiger partial charge in [0.05, 0.1) is 44.5 Å². The zero-order chi connectivity index (χ0) is 53.1. The first-order valence-electron chi connectivity index (χ1n) is 25.2. The number of aromatic nitrogens is 2. The molecule has 5 heterocycles. The number of piperazine rings is 1. The van der Waals surface area contributed by atoms with Crippen LogP contribution in [0.15, 0.2) is 146 Å². The number of ether oxygens (including phenoxy) is 4. The molecule has 4 aliphatic rings. The summed E-state index contributed by atoms with van der Waals surface area (Å²) >= 11 is 0. The minimum atomic E-state index is -2.17. The molecule has 0 saturated carbocycles. The van der Waals surface area contributed by atoms with Gasteiger partial charge >= 0.3 is 18.0 Å².